The maximum absolute atomic E-state index is 14.0. The highest BCUT2D eigenvalue weighted by Crippen LogP contribution is 2.38. The summed E-state index contributed by atoms with van der Waals surface area (Å²) in [5.41, 5.74) is 0. The van der Waals surface area contributed by atoms with Crippen molar-refractivity contribution in [2.45, 2.75) is 207 Å². The van der Waals surface area contributed by atoms with Crippen LogP contribution in [0.1, 0.15) is 85.5 Å². The molecule has 24 heteroatoms. The number of ether oxygens (including phenoxy) is 5. The first-order valence-corrected chi connectivity index (χ1v) is 28.4. The van der Waals surface area contributed by atoms with Crippen LogP contribution in [0.15, 0.2) is 85.1 Å². The molecule has 2 bridgehead atoms. The fraction of sp³-hybridized carbons (Fsp3) is 0.724. The lowest BCUT2D eigenvalue weighted by Crippen LogP contribution is -2.69. The quantitative estimate of drug-likeness (QED) is 0.0841. The Labute approximate surface area is 481 Å². The van der Waals surface area contributed by atoms with Gasteiger partial charge in [0.2, 0.25) is 11.7 Å². The maximum atomic E-state index is 14.0. The van der Waals surface area contributed by atoms with Crippen LogP contribution in [0.3, 0.4) is 0 Å². The number of esters is 1. The van der Waals surface area contributed by atoms with Gasteiger partial charge < -0.3 is 111 Å². The summed E-state index contributed by atoms with van der Waals surface area (Å²) in [4.78, 5) is 28.7. The number of cyclic esters (lactones) is 1. The molecule has 0 saturated carbocycles. The Morgan fingerprint density at radius 2 is 1.26 bits per heavy atom. The molecule has 4 aliphatic rings. The largest absolute Gasteiger partial charge is 0.462 e. The third kappa shape index (κ3) is 22.6. The first-order valence-electron chi connectivity index (χ1n) is 28.4. The van der Waals surface area contributed by atoms with E-state index in [-0.39, 0.29) is 44.6 Å². The molecule has 4 rings (SSSR count). The van der Waals surface area contributed by atoms with Gasteiger partial charge in [-0.05, 0) is 66.6 Å². The van der Waals surface area contributed by atoms with Gasteiger partial charge in [-0.15, -0.1) is 0 Å². The van der Waals surface area contributed by atoms with Gasteiger partial charge in [0.25, 0.3) is 0 Å². The van der Waals surface area contributed by atoms with Gasteiger partial charge in [-0.2, -0.15) is 0 Å². The maximum Gasteiger partial charge on any atom is 0.308 e. The lowest BCUT2D eigenvalue weighted by molar-refractivity contribution is -0.323. The van der Waals surface area contributed by atoms with E-state index in [1.54, 1.807) is 86.8 Å². The minimum atomic E-state index is -2.46. The zero-order valence-electron chi connectivity index (χ0n) is 48.0. The molecular formula is C58H95N3O21. The number of hydrogen-bond donors (Lipinski definition) is 16. The number of allylic oxidation sites excluding steroid dienone is 12. The molecule has 4 aliphatic heterocycles. The van der Waals surface area contributed by atoms with E-state index in [2.05, 4.69) is 10.6 Å². The molecule has 4 heterocycles. The zero-order valence-corrected chi connectivity index (χ0v) is 48.0. The summed E-state index contributed by atoms with van der Waals surface area (Å²) in [5, 5.41) is 160. The molecule has 0 aromatic rings. The standard InChI is InChI=1S/C58H95N3O21/c1-34-20-17-15-13-11-9-7-8-10-12-14-16-18-21-41(81-56-53(73)49(51(71)37(4)80-56)60-33-58(77)54(74)52(72)45(68)32-78-58)29-46-48(55(75)59-24-19-25-61(5)6)44(67)31-57(76,82-46)30-43(66)42(65)23-22-38(62)26-39(63)27-40(64)28-47(69)79-36(3)35(2)50(34)70/h7-18,20-21,34-46,48-54,56,60,62-68,70-74,76-77H,19,22-33H2,1-6H3,(H,59,75)/b8-7+,11-9+,12-10+,15-13+,16-14+,20-17+,21-18+/t34-,35-,36-,37+,38+,39+,40+,41-,42+,43+,44-,45+,46-,48+,49-,50+,51+,52+,53-,54-,56-,57+,58?/m0/s1. The van der Waals surface area contributed by atoms with Gasteiger partial charge in [0.05, 0.1) is 98.7 Å². The van der Waals surface area contributed by atoms with Crippen LogP contribution >= 0.6 is 0 Å². The van der Waals surface area contributed by atoms with E-state index in [9.17, 15) is 81.1 Å². The van der Waals surface area contributed by atoms with Crippen LogP contribution in [0.5, 0.6) is 0 Å². The Balaban J connectivity index is 1.66. The summed E-state index contributed by atoms with van der Waals surface area (Å²) < 4.78 is 29.4. The number of carbonyl (C=O) groups is 2. The number of aliphatic hydroxyl groups excluding tert-OH is 12. The molecule has 3 fully saturated rings. The van der Waals surface area contributed by atoms with Crippen molar-refractivity contribution in [1.29, 1.82) is 0 Å². The fourth-order valence-corrected chi connectivity index (χ4v) is 10.2. The predicted octanol–water partition coefficient (Wildman–Crippen LogP) is -1.87. The molecule has 0 aromatic heterocycles. The Hall–Kier alpha value is -3.68. The average Bonchev–Trinajstić information content (AvgIpc) is 3.48. The van der Waals surface area contributed by atoms with Crippen molar-refractivity contribution in [3.05, 3.63) is 85.1 Å². The number of hydrogen-bond acceptors (Lipinski definition) is 23. The molecule has 1 unspecified atom stereocenters. The number of amides is 1. The number of rotatable bonds is 10. The molecule has 0 aromatic carbocycles. The summed E-state index contributed by atoms with van der Waals surface area (Å²) in [7, 11) is 3.73. The van der Waals surface area contributed by atoms with Gasteiger partial charge in [0.15, 0.2) is 12.1 Å². The van der Waals surface area contributed by atoms with Crippen LogP contribution < -0.4 is 10.6 Å². The van der Waals surface area contributed by atoms with Gasteiger partial charge in [-0.1, -0.05) is 98.9 Å². The van der Waals surface area contributed by atoms with Gasteiger partial charge in [0, 0.05) is 37.6 Å². The Bertz CT molecular complexity index is 2130. The van der Waals surface area contributed by atoms with Crippen molar-refractivity contribution >= 4 is 11.9 Å². The SMILES string of the molecule is C[C@@H]1[C@H](O)[C@@H](C)/C=C/C=C/C=C/C=C/C=C/C=C/C=C/[C@H](O[C@@H]2O[C@H](C)[C@@H](O)[C@H](NCC3(O)OC[C@@H](O)[C@@H](O)[C@@H]3O)[C@@H]2O)C[C@@H]2O[C@](O)(C[C@@H](O)[C@H](O)CC[C@@H](O)C[C@@H](O)C[C@@H](O)CC(=O)O[C@H]1C)C[C@H](O)[C@H]2C(=O)NCCCN(C)C. The number of nitrogens with one attached hydrogen (secondary N) is 2. The van der Waals surface area contributed by atoms with Crippen molar-refractivity contribution in [1.82, 2.24) is 15.5 Å². The van der Waals surface area contributed by atoms with Gasteiger partial charge >= 0.3 is 5.97 Å². The number of fused-ring (bicyclic) bond motifs is 2. The third-order valence-corrected chi connectivity index (χ3v) is 15.3. The first-order chi connectivity index (χ1) is 38.6. The smallest absolute Gasteiger partial charge is 0.308 e. The van der Waals surface area contributed by atoms with Crippen LogP contribution in [-0.2, 0) is 33.3 Å². The summed E-state index contributed by atoms with van der Waals surface area (Å²) in [6, 6.07) is -1.34. The molecule has 16 N–H and O–H groups in total. The Morgan fingerprint density at radius 3 is 1.88 bits per heavy atom. The second-order valence-corrected chi connectivity index (χ2v) is 22.7. The molecule has 1 amide bonds. The lowest BCUT2D eigenvalue weighted by atomic mass is 9.82. The van der Waals surface area contributed by atoms with Gasteiger partial charge in [0.1, 0.15) is 30.5 Å². The second-order valence-electron chi connectivity index (χ2n) is 22.7. The highest BCUT2D eigenvalue weighted by Gasteiger charge is 2.53. The first kappa shape index (κ1) is 70.8. The van der Waals surface area contributed by atoms with E-state index in [1.807, 2.05) is 32.0 Å². The average molecular weight is 1170 g/mol. The van der Waals surface area contributed by atoms with Crippen LogP contribution in [-0.4, -0.2) is 250 Å². The molecule has 0 aliphatic carbocycles. The van der Waals surface area contributed by atoms with Crippen LogP contribution in [0.4, 0.5) is 0 Å². The molecule has 24 nitrogen and oxygen atoms in total. The Kier molecular flexibility index (Phi) is 29.8. The van der Waals surface area contributed by atoms with Crippen LogP contribution in [0.25, 0.3) is 0 Å². The van der Waals surface area contributed by atoms with E-state index in [0.717, 1.165) is 0 Å². The highest BCUT2D eigenvalue weighted by molar-refractivity contribution is 5.80. The predicted molar refractivity (Wildman–Crippen MR) is 298 cm³/mol. The van der Waals surface area contributed by atoms with E-state index in [1.165, 1.54) is 13.0 Å². The minimum absolute atomic E-state index is 0.163. The van der Waals surface area contributed by atoms with Crippen molar-refractivity contribution in [2.75, 3.05) is 40.3 Å². The molecule has 468 valence electrons. The second kappa shape index (κ2) is 34.5. The zero-order chi connectivity index (χ0) is 60.9. The normalized spacial score (nSPS) is 44.3. The van der Waals surface area contributed by atoms with Crippen molar-refractivity contribution < 1.29 is 105 Å². The number of nitrogens with zero attached hydrogens (tertiary/aromatic N) is 1. The Morgan fingerprint density at radius 1 is 0.671 bits per heavy atom. The van der Waals surface area contributed by atoms with E-state index < -0.39 is 178 Å². The van der Waals surface area contributed by atoms with Gasteiger partial charge in [-0.25, -0.2) is 0 Å². The number of carbonyl (C=O) groups excluding carboxylic acids is 2. The summed E-state index contributed by atoms with van der Waals surface area (Å²) >= 11 is 0. The van der Waals surface area contributed by atoms with Crippen molar-refractivity contribution in [2.24, 2.45) is 17.8 Å². The summed E-state index contributed by atoms with van der Waals surface area (Å²) in [6.07, 6.45) is -2.37. The molecule has 3 saturated heterocycles. The van der Waals surface area contributed by atoms with Gasteiger partial charge in [-0.3, -0.25) is 9.59 Å². The molecule has 82 heavy (non-hydrogen) atoms. The monoisotopic (exact) mass is 1170 g/mol. The summed E-state index contributed by atoms with van der Waals surface area (Å²) in [5.74, 6) is -8.39. The molecule has 23 atom stereocenters. The van der Waals surface area contributed by atoms with Crippen LogP contribution in [0, 0.1) is 17.8 Å². The van der Waals surface area contributed by atoms with E-state index in [0.29, 0.717) is 13.0 Å². The highest BCUT2D eigenvalue weighted by atomic mass is 16.7. The molecule has 0 radical (unpaired) electrons. The minimum Gasteiger partial charge on any atom is -0.462 e. The topological polar surface area (TPSA) is 391 Å². The van der Waals surface area contributed by atoms with E-state index >= 15 is 0 Å². The van der Waals surface area contributed by atoms with E-state index in [4.69, 9.17) is 23.7 Å². The van der Waals surface area contributed by atoms with Crippen LogP contribution in [0.2, 0.25) is 0 Å². The summed E-state index contributed by atoms with van der Waals surface area (Å²) in [6.45, 7) is 6.30. The fourth-order valence-electron chi connectivity index (χ4n) is 10.2. The third-order valence-electron chi connectivity index (χ3n) is 15.3. The van der Waals surface area contributed by atoms with Crippen molar-refractivity contribution in [3.8, 4) is 0 Å². The lowest BCUT2D eigenvalue weighted by Gasteiger charge is -2.47. The molecule has 0 spiro atoms. The van der Waals surface area contributed by atoms with Crippen molar-refractivity contribution in [3.63, 3.8) is 0 Å². The molecular weight excluding hydrogens is 1070 g/mol. The number of aliphatic hydroxyl groups is 14.